The molecule has 2 heterocycles. The summed E-state index contributed by atoms with van der Waals surface area (Å²) < 4.78 is 0. The van der Waals surface area contributed by atoms with Crippen molar-refractivity contribution in [3.8, 4) is 0 Å². The van der Waals surface area contributed by atoms with Crippen molar-refractivity contribution in [2.24, 2.45) is 5.84 Å². The van der Waals surface area contributed by atoms with Gasteiger partial charge in [-0.15, -0.1) is 11.3 Å². The van der Waals surface area contributed by atoms with E-state index >= 15 is 0 Å². The number of urea groups is 1. The van der Waals surface area contributed by atoms with Crippen LogP contribution >= 0.6 is 11.3 Å². The molecule has 1 saturated heterocycles. The number of carbonyl (C=O) groups excluding carboxylic acids is 3. The number of thiophene rings is 1. The van der Waals surface area contributed by atoms with Crippen molar-refractivity contribution in [1.29, 1.82) is 0 Å². The van der Waals surface area contributed by atoms with E-state index in [2.05, 4.69) is 5.32 Å². The fraction of sp³-hybridized carbons (Fsp3) is 0.417. The normalized spacial score (nSPS) is 22.1. The number of nitrogen functional groups attached to an aromatic ring is 1. The number of hydrazine groups is 1. The Morgan fingerprint density at radius 2 is 2.20 bits per heavy atom. The molecular formula is C12H16N4O3S. The lowest BCUT2D eigenvalue weighted by Gasteiger charge is -2.18. The lowest BCUT2D eigenvalue weighted by atomic mass is 9.99. The van der Waals surface area contributed by atoms with Crippen LogP contribution in [0.5, 0.6) is 0 Å². The first kappa shape index (κ1) is 14.5. The molecule has 20 heavy (non-hydrogen) atoms. The molecular weight excluding hydrogens is 280 g/mol. The van der Waals surface area contributed by atoms with Gasteiger partial charge in [0, 0.05) is 4.88 Å². The molecule has 1 fully saturated rings. The number of nitrogens with two attached hydrogens (primary N) is 1. The van der Waals surface area contributed by atoms with Crippen LogP contribution in [-0.2, 0) is 11.3 Å². The largest absolute Gasteiger partial charge is 0.325 e. The van der Waals surface area contributed by atoms with Crippen molar-refractivity contribution >= 4 is 29.2 Å². The zero-order valence-electron chi connectivity index (χ0n) is 11.2. The Bertz CT molecular complexity index is 571. The molecule has 1 unspecified atom stereocenters. The molecule has 8 heteroatoms. The number of amides is 4. The van der Waals surface area contributed by atoms with Gasteiger partial charge in [-0.1, -0.05) is 6.92 Å². The standard InChI is InChI=1S/C12H16N4O3S/c1-3-12(2)10(18)16(11(19)14-12)6-7-4-5-8(20-7)9(17)15-13/h4-5H,3,6,13H2,1-2H3,(H,14,19)(H,15,17). The van der Waals surface area contributed by atoms with E-state index in [0.29, 0.717) is 11.3 Å². The zero-order chi connectivity index (χ0) is 14.9. The minimum Gasteiger partial charge on any atom is -0.323 e. The van der Waals surface area contributed by atoms with Crippen molar-refractivity contribution in [3.63, 3.8) is 0 Å². The predicted molar refractivity (Wildman–Crippen MR) is 73.8 cm³/mol. The minimum absolute atomic E-state index is 0.156. The monoisotopic (exact) mass is 296 g/mol. The third-order valence-corrected chi connectivity index (χ3v) is 4.45. The van der Waals surface area contributed by atoms with E-state index in [1.165, 1.54) is 16.2 Å². The second-order valence-corrected chi connectivity index (χ2v) is 5.91. The highest BCUT2D eigenvalue weighted by atomic mass is 32.1. The van der Waals surface area contributed by atoms with E-state index < -0.39 is 17.5 Å². The van der Waals surface area contributed by atoms with Crippen LogP contribution in [0, 0.1) is 0 Å². The van der Waals surface area contributed by atoms with E-state index in [1.54, 1.807) is 19.1 Å². The molecule has 0 aromatic carbocycles. The average Bonchev–Trinajstić information content (AvgIpc) is 2.98. The number of nitrogens with one attached hydrogen (secondary N) is 2. The zero-order valence-corrected chi connectivity index (χ0v) is 12.0. The maximum absolute atomic E-state index is 12.2. The van der Waals surface area contributed by atoms with Gasteiger partial charge in [0.2, 0.25) is 0 Å². The fourth-order valence-corrected chi connectivity index (χ4v) is 2.84. The molecule has 0 aliphatic carbocycles. The van der Waals surface area contributed by atoms with Gasteiger partial charge in [-0.2, -0.15) is 0 Å². The molecule has 1 aromatic rings. The van der Waals surface area contributed by atoms with Crippen molar-refractivity contribution in [1.82, 2.24) is 15.6 Å². The molecule has 0 bridgehead atoms. The Morgan fingerprint density at radius 1 is 1.50 bits per heavy atom. The molecule has 2 rings (SSSR count). The topological polar surface area (TPSA) is 105 Å². The molecule has 1 atom stereocenters. The van der Waals surface area contributed by atoms with E-state index in [4.69, 9.17) is 5.84 Å². The van der Waals surface area contributed by atoms with Crippen LogP contribution in [0.4, 0.5) is 4.79 Å². The van der Waals surface area contributed by atoms with Crippen LogP contribution in [0.25, 0.3) is 0 Å². The highest BCUT2D eigenvalue weighted by Crippen LogP contribution is 2.25. The molecule has 7 nitrogen and oxygen atoms in total. The summed E-state index contributed by atoms with van der Waals surface area (Å²) in [6.07, 6.45) is 0.527. The van der Waals surface area contributed by atoms with Crippen LogP contribution in [0.1, 0.15) is 34.8 Å². The number of hydrogen-bond donors (Lipinski definition) is 3. The highest BCUT2D eigenvalue weighted by Gasteiger charge is 2.46. The van der Waals surface area contributed by atoms with Crippen molar-refractivity contribution in [2.75, 3.05) is 0 Å². The van der Waals surface area contributed by atoms with Gasteiger partial charge in [0.05, 0.1) is 11.4 Å². The van der Waals surface area contributed by atoms with Crippen LogP contribution in [0.3, 0.4) is 0 Å². The summed E-state index contributed by atoms with van der Waals surface area (Å²) in [5, 5.41) is 2.68. The van der Waals surface area contributed by atoms with Gasteiger partial charge in [0.1, 0.15) is 5.54 Å². The molecule has 1 aliphatic heterocycles. The first-order valence-electron chi connectivity index (χ1n) is 6.15. The highest BCUT2D eigenvalue weighted by molar-refractivity contribution is 7.14. The predicted octanol–water partition coefficient (Wildman–Crippen LogP) is 0.572. The average molecular weight is 296 g/mol. The summed E-state index contributed by atoms with van der Waals surface area (Å²) in [7, 11) is 0. The Labute approximate surface area is 120 Å². The summed E-state index contributed by atoms with van der Waals surface area (Å²) in [4.78, 5) is 37.8. The SMILES string of the molecule is CCC1(C)NC(=O)N(Cc2ccc(C(=O)NN)s2)C1=O. The number of nitrogens with zero attached hydrogens (tertiary/aromatic N) is 1. The van der Waals surface area contributed by atoms with Crippen molar-refractivity contribution in [3.05, 3.63) is 21.9 Å². The van der Waals surface area contributed by atoms with Crippen LogP contribution in [-0.4, -0.2) is 28.3 Å². The summed E-state index contributed by atoms with van der Waals surface area (Å²) >= 11 is 1.20. The second-order valence-electron chi connectivity index (χ2n) is 4.75. The van der Waals surface area contributed by atoms with Gasteiger partial charge >= 0.3 is 6.03 Å². The maximum atomic E-state index is 12.2. The third kappa shape index (κ3) is 2.39. The fourth-order valence-electron chi connectivity index (χ4n) is 1.94. The first-order valence-corrected chi connectivity index (χ1v) is 6.96. The lowest BCUT2D eigenvalue weighted by molar-refractivity contribution is -0.131. The van der Waals surface area contributed by atoms with Crippen molar-refractivity contribution in [2.45, 2.75) is 32.4 Å². The van der Waals surface area contributed by atoms with Crippen LogP contribution < -0.4 is 16.6 Å². The summed E-state index contributed by atoms with van der Waals surface area (Å²) in [5.74, 6) is 4.41. The lowest BCUT2D eigenvalue weighted by Crippen LogP contribution is -2.43. The Balaban J connectivity index is 2.14. The third-order valence-electron chi connectivity index (χ3n) is 3.38. The van der Waals surface area contributed by atoms with E-state index in [9.17, 15) is 14.4 Å². The summed E-state index contributed by atoms with van der Waals surface area (Å²) in [6.45, 7) is 3.70. The molecule has 4 N–H and O–H groups in total. The van der Waals surface area contributed by atoms with Gasteiger partial charge in [0.25, 0.3) is 11.8 Å². The van der Waals surface area contributed by atoms with Gasteiger partial charge in [-0.05, 0) is 25.5 Å². The van der Waals surface area contributed by atoms with E-state index in [1.807, 2.05) is 12.3 Å². The second kappa shape index (κ2) is 5.22. The maximum Gasteiger partial charge on any atom is 0.325 e. The number of carbonyl (C=O) groups is 3. The van der Waals surface area contributed by atoms with Crippen LogP contribution in [0.15, 0.2) is 12.1 Å². The Hall–Kier alpha value is -1.93. The molecule has 0 radical (unpaired) electrons. The van der Waals surface area contributed by atoms with E-state index in [-0.39, 0.29) is 12.5 Å². The number of hydrogen-bond acceptors (Lipinski definition) is 5. The minimum atomic E-state index is -0.841. The van der Waals surface area contributed by atoms with Gasteiger partial charge < -0.3 is 5.32 Å². The number of rotatable bonds is 4. The van der Waals surface area contributed by atoms with Gasteiger partial charge in [0.15, 0.2) is 0 Å². The molecule has 1 aromatic heterocycles. The molecule has 108 valence electrons. The molecule has 0 saturated carbocycles. The van der Waals surface area contributed by atoms with Gasteiger partial charge in [-0.3, -0.25) is 19.9 Å². The number of imide groups is 1. The summed E-state index contributed by atoms with van der Waals surface area (Å²) in [6, 6.07) is 2.91. The quantitative estimate of drug-likeness (QED) is 0.327. The molecule has 0 spiro atoms. The van der Waals surface area contributed by atoms with Crippen molar-refractivity contribution < 1.29 is 14.4 Å². The Morgan fingerprint density at radius 3 is 2.75 bits per heavy atom. The molecule has 4 amide bonds. The smallest absolute Gasteiger partial charge is 0.323 e. The Kier molecular flexibility index (Phi) is 3.78. The van der Waals surface area contributed by atoms with Crippen LogP contribution in [0.2, 0.25) is 0 Å². The van der Waals surface area contributed by atoms with Gasteiger partial charge in [-0.25, -0.2) is 10.6 Å². The van der Waals surface area contributed by atoms with E-state index in [0.717, 1.165) is 4.88 Å². The first-order chi connectivity index (χ1) is 9.41. The summed E-state index contributed by atoms with van der Waals surface area (Å²) in [5.41, 5.74) is 1.20. The molecule has 1 aliphatic rings.